The molecule has 1 unspecified atom stereocenters. The van der Waals surface area contributed by atoms with Crippen LogP contribution in [-0.2, 0) is 6.42 Å². The Bertz CT molecular complexity index is 454. The first-order valence-corrected chi connectivity index (χ1v) is 7.24. The normalized spacial score (nSPS) is 15.6. The van der Waals surface area contributed by atoms with E-state index < -0.39 is 0 Å². The largest absolute Gasteiger partial charge is 0.385 e. The zero-order valence-corrected chi connectivity index (χ0v) is 12.1. The van der Waals surface area contributed by atoms with Crippen LogP contribution in [0.4, 0.5) is 5.69 Å². The summed E-state index contributed by atoms with van der Waals surface area (Å²) in [5.74, 6) is 0.662. The van der Waals surface area contributed by atoms with Gasteiger partial charge in [0.05, 0.1) is 0 Å². The van der Waals surface area contributed by atoms with E-state index >= 15 is 0 Å². The Kier molecular flexibility index (Phi) is 4.46. The average Bonchev–Trinajstić information content (AvgIpc) is 2.36. The molecule has 2 rings (SSSR count). The standard InChI is InChI=1S/C16H24N2O/c1-11(2)10-12(3)18-16(19)14-6-4-8-15-13(14)7-5-9-17-15/h4,6,8,11-12,17H,5,7,9-10H2,1-3H3,(H,18,19). The molecule has 104 valence electrons. The highest BCUT2D eigenvalue weighted by Crippen LogP contribution is 2.25. The van der Waals surface area contributed by atoms with E-state index in [4.69, 9.17) is 0 Å². The number of rotatable bonds is 4. The van der Waals surface area contributed by atoms with Gasteiger partial charge in [-0.15, -0.1) is 0 Å². The second kappa shape index (κ2) is 6.09. The molecular formula is C16H24N2O. The number of hydrogen-bond donors (Lipinski definition) is 2. The van der Waals surface area contributed by atoms with Crippen LogP contribution in [0.2, 0.25) is 0 Å². The third-order valence-corrected chi connectivity index (χ3v) is 3.54. The zero-order valence-electron chi connectivity index (χ0n) is 12.1. The van der Waals surface area contributed by atoms with E-state index in [-0.39, 0.29) is 11.9 Å². The number of fused-ring (bicyclic) bond motifs is 1. The van der Waals surface area contributed by atoms with Crippen molar-refractivity contribution in [1.82, 2.24) is 5.32 Å². The van der Waals surface area contributed by atoms with Gasteiger partial charge in [-0.25, -0.2) is 0 Å². The highest BCUT2D eigenvalue weighted by molar-refractivity contribution is 5.97. The van der Waals surface area contributed by atoms with Crippen molar-refractivity contribution in [2.75, 3.05) is 11.9 Å². The molecule has 0 bridgehead atoms. The quantitative estimate of drug-likeness (QED) is 0.872. The maximum Gasteiger partial charge on any atom is 0.251 e. The topological polar surface area (TPSA) is 41.1 Å². The number of carbonyl (C=O) groups excluding carboxylic acids is 1. The first-order valence-electron chi connectivity index (χ1n) is 7.24. The number of anilines is 1. The van der Waals surface area contributed by atoms with Crippen molar-refractivity contribution in [3.05, 3.63) is 29.3 Å². The van der Waals surface area contributed by atoms with E-state index in [0.29, 0.717) is 5.92 Å². The molecule has 0 radical (unpaired) electrons. The van der Waals surface area contributed by atoms with Crippen molar-refractivity contribution in [2.45, 2.75) is 46.1 Å². The van der Waals surface area contributed by atoms with Crippen LogP contribution in [0.1, 0.15) is 49.5 Å². The van der Waals surface area contributed by atoms with Crippen LogP contribution in [0.15, 0.2) is 18.2 Å². The molecule has 0 aromatic heterocycles. The van der Waals surface area contributed by atoms with Crippen molar-refractivity contribution in [1.29, 1.82) is 0 Å². The van der Waals surface area contributed by atoms with Gasteiger partial charge in [-0.05, 0) is 49.8 Å². The van der Waals surface area contributed by atoms with Crippen molar-refractivity contribution >= 4 is 11.6 Å². The lowest BCUT2D eigenvalue weighted by Crippen LogP contribution is -2.34. The summed E-state index contributed by atoms with van der Waals surface area (Å²) in [6.07, 6.45) is 3.10. The molecule has 0 saturated heterocycles. The monoisotopic (exact) mass is 260 g/mol. The molecule has 3 nitrogen and oxygen atoms in total. The van der Waals surface area contributed by atoms with Gasteiger partial charge in [-0.3, -0.25) is 4.79 Å². The van der Waals surface area contributed by atoms with E-state index in [1.54, 1.807) is 0 Å². The Labute approximate surface area is 115 Å². The van der Waals surface area contributed by atoms with Gasteiger partial charge < -0.3 is 10.6 Å². The fraction of sp³-hybridized carbons (Fsp3) is 0.562. The predicted molar refractivity (Wildman–Crippen MR) is 79.6 cm³/mol. The molecule has 1 aromatic carbocycles. The Morgan fingerprint density at radius 3 is 2.89 bits per heavy atom. The van der Waals surface area contributed by atoms with Crippen LogP contribution in [0.25, 0.3) is 0 Å². The van der Waals surface area contributed by atoms with Gasteiger partial charge in [0, 0.05) is 23.8 Å². The molecule has 1 heterocycles. The Morgan fingerprint density at radius 2 is 2.16 bits per heavy atom. The van der Waals surface area contributed by atoms with E-state index in [9.17, 15) is 4.79 Å². The summed E-state index contributed by atoms with van der Waals surface area (Å²) >= 11 is 0. The fourth-order valence-corrected chi connectivity index (χ4v) is 2.79. The number of nitrogens with one attached hydrogen (secondary N) is 2. The van der Waals surface area contributed by atoms with Gasteiger partial charge in [-0.1, -0.05) is 19.9 Å². The summed E-state index contributed by atoms with van der Waals surface area (Å²) in [5.41, 5.74) is 3.12. The molecule has 1 aromatic rings. The average molecular weight is 260 g/mol. The molecule has 0 aliphatic carbocycles. The van der Waals surface area contributed by atoms with Gasteiger partial charge in [0.15, 0.2) is 0 Å². The van der Waals surface area contributed by atoms with Crippen LogP contribution < -0.4 is 10.6 Å². The van der Waals surface area contributed by atoms with Crippen LogP contribution in [0.5, 0.6) is 0 Å². The summed E-state index contributed by atoms with van der Waals surface area (Å²) < 4.78 is 0. The van der Waals surface area contributed by atoms with Gasteiger partial charge in [0.2, 0.25) is 0 Å². The zero-order chi connectivity index (χ0) is 13.8. The third-order valence-electron chi connectivity index (χ3n) is 3.54. The first kappa shape index (κ1) is 13.9. The molecular weight excluding hydrogens is 236 g/mol. The van der Waals surface area contributed by atoms with Crippen molar-refractivity contribution in [3.63, 3.8) is 0 Å². The number of hydrogen-bond acceptors (Lipinski definition) is 2. The van der Waals surface area contributed by atoms with Crippen molar-refractivity contribution in [3.8, 4) is 0 Å². The van der Waals surface area contributed by atoms with Crippen LogP contribution in [0, 0.1) is 5.92 Å². The third kappa shape index (κ3) is 3.49. The van der Waals surface area contributed by atoms with Crippen LogP contribution in [0.3, 0.4) is 0 Å². The molecule has 0 spiro atoms. The molecule has 1 atom stereocenters. The maximum absolute atomic E-state index is 12.4. The lowest BCUT2D eigenvalue weighted by Gasteiger charge is -2.22. The molecule has 0 fully saturated rings. The predicted octanol–water partition coefficient (Wildman–Crippen LogP) is 3.21. The number of amides is 1. The molecule has 2 N–H and O–H groups in total. The Morgan fingerprint density at radius 1 is 1.37 bits per heavy atom. The highest BCUT2D eigenvalue weighted by atomic mass is 16.1. The minimum Gasteiger partial charge on any atom is -0.385 e. The van der Waals surface area contributed by atoms with Gasteiger partial charge in [-0.2, -0.15) is 0 Å². The minimum absolute atomic E-state index is 0.0636. The summed E-state index contributed by atoms with van der Waals surface area (Å²) in [5, 5.41) is 6.47. The van der Waals surface area contributed by atoms with Gasteiger partial charge >= 0.3 is 0 Å². The number of carbonyl (C=O) groups is 1. The second-order valence-corrected chi connectivity index (χ2v) is 5.87. The Balaban J connectivity index is 2.11. The number of benzene rings is 1. The van der Waals surface area contributed by atoms with Crippen LogP contribution >= 0.6 is 0 Å². The van der Waals surface area contributed by atoms with E-state index in [1.165, 1.54) is 5.56 Å². The molecule has 3 heteroatoms. The van der Waals surface area contributed by atoms with Crippen LogP contribution in [-0.4, -0.2) is 18.5 Å². The summed E-state index contributed by atoms with van der Waals surface area (Å²) in [6.45, 7) is 7.43. The molecule has 1 aliphatic rings. The van der Waals surface area contributed by atoms with E-state index in [1.807, 2.05) is 12.1 Å². The van der Waals surface area contributed by atoms with Gasteiger partial charge in [0.25, 0.3) is 5.91 Å². The summed E-state index contributed by atoms with van der Waals surface area (Å²) in [7, 11) is 0. The molecule has 0 saturated carbocycles. The SMILES string of the molecule is CC(C)CC(C)NC(=O)c1cccc2c1CCCN2. The fourth-order valence-electron chi connectivity index (χ4n) is 2.79. The molecule has 1 amide bonds. The lowest BCUT2D eigenvalue weighted by molar-refractivity contribution is 0.0935. The maximum atomic E-state index is 12.4. The van der Waals surface area contributed by atoms with E-state index in [0.717, 1.165) is 37.1 Å². The first-order chi connectivity index (χ1) is 9.08. The smallest absolute Gasteiger partial charge is 0.251 e. The highest BCUT2D eigenvalue weighted by Gasteiger charge is 2.18. The minimum atomic E-state index is 0.0636. The summed E-state index contributed by atoms with van der Waals surface area (Å²) in [6, 6.07) is 6.17. The van der Waals surface area contributed by atoms with Gasteiger partial charge in [0.1, 0.15) is 0 Å². The second-order valence-electron chi connectivity index (χ2n) is 5.87. The lowest BCUT2D eigenvalue weighted by atomic mass is 9.96. The Hall–Kier alpha value is -1.51. The van der Waals surface area contributed by atoms with Crippen molar-refractivity contribution < 1.29 is 4.79 Å². The molecule has 19 heavy (non-hydrogen) atoms. The van der Waals surface area contributed by atoms with E-state index in [2.05, 4.69) is 37.5 Å². The summed E-state index contributed by atoms with van der Waals surface area (Å²) in [4.78, 5) is 12.4. The van der Waals surface area contributed by atoms with Crippen molar-refractivity contribution in [2.24, 2.45) is 5.92 Å². The molecule has 1 aliphatic heterocycles.